The van der Waals surface area contributed by atoms with Crippen molar-refractivity contribution >= 4 is 11.8 Å². The van der Waals surface area contributed by atoms with Crippen molar-refractivity contribution in [1.29, 1.82) is 0 Å². The second-order valence-electron chi connectivity index (χ2n) is 6.06. The SMILES string of the molecule is CC(C)[C@H](N)C(=O)NCC(=O)N1CCC(N(C)C)CC1. The third kappa shape index (κ3) is 4.76. The lowest BCUT2D eigenvalue weighted by Crippen LogP contribution is -2.50. The lowest BCUT2D eigenvalue weighted by atomic mass is 10.0. The van der Waals surface area contributed by atoms with Crippen LogP contribution in [0.15, 0.2) is 0 Å². The minimum absolute atomic E-state index is 0.0217. The minimum Gasteiger partial charge on any atom is -0.346 e. The highest BCUT2D eigenvalue weighted by molar-refractivity contribution is 5.87. The maximum Gasteiger partial charge on any atom is 0.241 e. The van der Waals surface area contributed by atoms with Gasteiger partial charge in [-0.1, -0.05) is 13.8 Å². The molecular formula is C14H28N4O2. The van der Waals surface area contributed by atoms with Gasteiger partial charge in [-0.25, -0.2) is 0 Å². The Morgan fingerprint density at radius 2 is 1.85 bits per heavy atom. The van der Waals surface area contributed by atoms with E-state index in [-0.39, 0.29) is 24.3 Å². The van der Waals surface area contributed by atoms with Gasteiger partial charge in [0.15, 0.2) is 0 Å². The van der Waals surface area contributed by atoms with Gasteiger partial charge in [0.25, 0.3) is 0 Å². The van der Waals surface area contributed by atoms with Gasteiger partial charge in [-0.05, 0) is 32.9 Å². The standard InChI is InChI=1S/C14H28N4O2/c1-10(2)13(15)14(20)16-9-12(19)18-7-5-11(6-8-18)17(3)4/h10-11,13H,5-9,15H2,1-4H3,(H,16,20)/t13-/m0/s1. The molecule has 0 saturated carbocycles. The second-order valence-corrected chi connectivity index (χ2v) is 6.06. The van der Waals surface area contributed by atoms with Gasteiger partial charge in [-0.15, -0.1) is 0 Å². The zero-order chi connectivity index (χ0) is 15.3. The molecule has 20 heavy (non-hydrogen) atoms. The summed E-state index contributed by atoms with van der Waals surface area (Å²) in [5, 5.41) is 2.63. The fourth-order valence-corrected chi connectivity index (χ4v) is 2.33. The topological polar surface area (TPSA) is 78.7 Å². The van der Waals surface area contributed by atoms with Crippen LogP contribution in [0.5, 0.6) is 0 Å². The predicted octanol–water partition coefficient (Wildman–Crippen LogP) is -0.361. The van der Waals surface area contributed by atoms with Crippen LogP contribution in [0.2, 0.25) is 0 Å². The molecule has 0 aromatic carbocycles. The molecule has 1 aliphatic rings. The summed E-state index contributed by atoms with van der Waals surface area (Å²) in [6.45, 7) is 5.34. The molecule has 6 nitrogen and oxygen atoms in total. The Bertz CT molecular complexity index is 336. The molecule has 1 heterocycles. The summed E-state index contributed by atoms with van der Waals surface area (Å²) in [6.07, 6.45) is 1.97. The largest absolute Gasteiger partial charge is 0.346 e. The van der Waals surface area contributed by atoms with Crippen LogP contribution in [0, 0.1) is 5.92 Å². The van der Waals surface area contributed by atoms with Gasteiger partial charge < -0.3 is 20.9 Å². The average molecular weight is 284 g/mol. The number of carbonyl (C=O) groups excluding carboxylic acids is 2. The van der Waals surface area contributed by atoms with Gasteiger partial charge in [0.2, 0.25) is 11.8 Å². The highest BCUT2D eigenvalue weighted by Gasteiger charge is 2.24. The molecule has 6 heteroatoms. The smallest absolute Gasteiger partial charge is 0.241 e. The Morgan fingerprint density at radius 3 is 2.30 bits per heavy atom. The van der Waals surface area contributed by atoms with Crippen LogP contribution in [0.1, 0.15) is 26.7 Å². The van der Waals surface area contributed by atoms with E-state index in [1.54, 1.807) is 0 Å². The number of nitrogens with zero attached hydrogens (tertiary/aromatic N) is 2. The number of nitrogens with one attached hydrogen (secondary N) is 1. The van der Waals surface area contributed by atoms with E-state index in [9.17, 15) is 9.59 Å². The summed E-state index contributed by atoms with van der Waals surface area (Å²) in [4.78, 5) is 27.7. The van der Waals surface area contributed by atoms with Crippen molar-refractivity contribution in [2.75, 3.05) is 33.7 Å². The molecular weight excluding hydrogens is 256 g/mol. The van der Waals surface area contributed by atoms with Crippen LogP contribution in [-0.4, -0.2) is 67.4 Å². The molecule has 0 radical (unpaired) electrons. The first kappa shape index (κ1) is 16.9. The predicted molar refractivity (Wildman–Crippen MR) is 79.1 cm³/mol. The van der Waals surface area contributed by atoms with Crippen molar-refractivity contribution in [2.45, 2.75) is 38.8 Å². The van der Waals surface area contributed by atoms with Crippen molar-refractivity contribution in [3.8, 4) is 0 Å². The second kappa shape index (κ2) is 7.59. The van der Waals surface area contributed by atoms with E-state index in [1.165, 1.54) is 0 Å². The zero-order valence-corrected chi connectivity index (χ0v) is 13.1. The molecule has 1 atom stereocenters. The van der Waals surface area contributed by atoms with Crippen LogP contribution in [-0.2, 0) is 9.59 Å². The van der Waals surface area contributed by atoms with Crippen LogP contribution in [0.3, 0.4) is 0 Å². The van der Waals surface area contributed by atoms with Gasteiger partial charge in [-0.2, -0.15) is 0 Å². The first-order chi connectivity index (χ1) is 9.32. The monoisotopic (exact) mass is 284 g/mol. The van der Waals surface area contributed by atoms with E-state index >= 15 is 0 Å². The van der Waals surface area contributed by atoms with E-state index in [0.29, 0.717) is 6.04 Å². The molecule has 1 saturated heterocycles. The molecule has 3 N–H and O–H groups in total. The Hall–Kier alpha value is -1.14. The molecule has 1 fully saturated rings. The molecule has 116 valence electrons. The summed E-state index contributed by atoms with van der Waals surface area (Å²) in [5.74, 6) is -0.205. The Labute approximate surface area is 121 Å². The van der Waals surface area contributed by atoms with Crippen LogP contribution < -0.4 is 11.1 Å². The molecule has 0 aromatic rings. The summed E-state index contributed by atoms with van der Waals surface area (Å²) in [5.41, 5.74) is 5.73. The summed E-state index contributed by atoms with van der Waals surface area (Å²) in [6, 6.07) is -0.00900. The summed E-state index contributed by atoms with van der Waals surface area (Å²) in [7, 11) is 4.13. The molecule has 0 spiro atoms. The zero-order valence-electron chi connectivity index (χ0n) is 13.1. The molecule has 1 rings (SSSR count). The Morgan fingerprint density at radius 1 is 1.30 bits per heavy atom. The molecule has 0 unspecified atom stereocenters. The highest BCUT2D eigenvalue weighted by atomic mass is 16.2. The number of likely N-dealkylation sites (tertiary alicyclic amines) is 1. The van der Waals surface area contributed by atoms with Gasteiger partial charge in [0.05, 0.1) is 12.6 Å². The number of hydrogen-bond donors (Lipinski definition) is 2. The average Bonchev–Trinajstić information content (AvgIpc) is 2.43. The lowest BCUT2D eigenvalue weighted by Gasteiger charge is -2.35. The molecule has 0 aromatic heterocycles. The molecule has 1 aliphatic heterocycles. The van der Waals surface area contributed by atoms with E-state index in [4.69, 9.17) is 5.73 Å². The first-order valence-corrected chi connectivity index (χ1v) is 7.30. The third-order valence-electron chi connectivity index (χ3n) is 3.98. The fourth-order valence-electron chi connectivity index (χ4n) is 2.33. The summed E-state index contributed by atoms with van der Waals surface area (Å²) < 4.78 is 0. The first-order valence-electron chi connectivity index (χ1n) is 7.30. The quantitative estimate of drug-likeness (QED) is 0.722. The summed E-state index contributed by atoms with van der Waals surface area (Å²) >= 11 is 0. The fraction of sp³-hybridized carbons (Fsp3) is 0.857. The van der Waals surface area contributed by atoms with Gasteiger partial charge in [0, 0.05) is 19.1 Å². The van der Waals surface area contributed by atoms with Crippen LogP contribution in [0.4, 0.5) is 0 Å². The van der Waals surface area contributed by atoms with Crippen molar-refractivity contribution in [3.05, 3.63) is 0 Å². The normalized spacial score (nSPS) is 18.4. The van der Waals surface area contributed by atoms with Crippen molar-refractivity contribution in [2.24, 2.45) is 11.7 Å². The number of carbonyl (C=O) groups is 2. The van der Waals surface area contributed by atoms with Crippen molar-refractivity contribution in [3.63, 3.8) is 0 Å². The number of rotatable bonds is 5. The van der Waals surface area contributed by atoms with E-state index in [1.807, 2.05) is 18.7 Å². The number of piperidine rings is 1. The van der Waals surface area contributed by atoms with Gasteiger partial charge in [0.1, 0.15) is 0 Å². The Balaban J connectivity index is 2.32. The van der Waals surface area contributed by atoms with E-state index in [0.717, 1.165) is 25.9 Å². The Kier molecular flexibility index (Phi) is 6.42. The van der Waals surface area contributed by atoms with Crippen molar-refractivity contribution in [1.82, 2.24) is 15.1 Å². The van der Waals surface area contributed by atoms with Gasteiger partial charge in [-0.3, -0.25) is 9.59 Å². The van der Waals surface area contributed by atoms with Crippen LogP contribution >= 0.6 is 0 Å². The molecule has 2 amide bonds. The lowest BCUT2D eigenvalue weighted by molar-refractivity contribution is -0.134. The van der Waals surface area contributed by atoms with Crippen molar-refractivity contribution < 1.29 is 9.59 Å². The highest BCUT2D eigenvalue weighted by Crippen LogP contribution is 2.13. The number of nitrogens with two attached hydrogens (primary N) is 1. The van der Waals surface area contributed by atoms with Crippen LogP contribution in [0.25, 0.3) is 0 Å². The molecule has 0 bridgehead atoms. The minimum atomic E-state index is -0.553. The molecule has 0 aliphatic carbocycles. The van der Waals surface area contributed by atoms with E-state index in [2.05, 4.69) is 24.3 Å². The maximum absolute atomic E-state index is 12.0. The van der Waals surface area contributed by atoms with Gasteiger partial charge >= 0.3 is 0 Å². The maximum atomic E-state index is 12.0. The van der Waals surface area contributed by atoms with E-state index < -0.39 is 6.04 Å². The number of hydrogen-bond acceptors (Lipinski definition) is 4. The third-order valence-corrected chi connectivity index (χ3v) is 3.98. The number of amides is 2.